The van der Waals surface area contributed by atoms with E-state index in [0.29, 0.717) is 12.1 Å². The van der Waals surface area contributed by atoms with Crippen LogP contribution in [0.4, 0.5) is 11.4 Å². The number of anilines is 1. The summed E-state index contributed by atoms with van der Waals surface area (Å²) >= 11 is 0. The Hall–Kier alpha value is -4.33. The standard InChI is InChI=1S/C30H27N3O5/c1-16(2)15-23(28(34)31-17-11-13-18(14-12-17)33(37)38)32-29(35)26-24-19-7-3-4-8-20(19)25(27(26)30(32)36)22-10-6-5-9-21(22)24/h3-14,16,23-27H,15H2,1-2H3,(H,31,34)/t23-,24?,25?,26+,27+/m1/s1. The maximum Gasteiger partial charge on any atom is 0.269 e. The second-order valence-electron chi connectivity index (χ2n) is 10.7. The predicted octanol–water partition coefficient (Wildman–Crippen LogP) is 4.84. The zero-order valence-electron chi connectivity index (χ0n) is 21.0. The molecule has 0 unspecified atom stereocenters. The van der Waals surface area contributed by atoms with E-state index >= 15 is 0 Å². The van der Waals surface area contributed by atoms with E-state index < -0.39 is 28.7 Å². The van der Waals surface area contributed by atoms with Gasteiger partial charge in [0.2, 0.25) is 17.7 Å². The highest BCUT2D eigenvalue weighted by Gasteiger charge is 2.63. The van der Waals surface area contributed by atoms with E-state index in [9.17, 15) is 24.5 Å². The van der Waals surface area contributed by atoms with Crippen molar-refractivity contribution in [3.63, 3.8) is 0 Å². The van der Waals surface area contributed by atoms with Gasteiger partial charge in [0.25, 0.3) is 5.69 Å². The lowest BCUT2D eigenvalue weighted by Crippen LogP contribution is -2.48. The number of benzene rings is 3. The number of non-ortho nitro benzene ring substituents is 1. The lowest BCUT2D eigenvalue weighted by atomic mass is 9.55. The summed E-state index contributed by atoms with van der Waals surface area (Å²) < 4.78 is 0. The molecule has 1 aliphatic heterocycles. The topological polar surface area (TPSA) is 110 Å². The van der Waals surface area contributed by atoms with E-state index in [1.165, 1.54) is 29.2 Å². The van der Waals surface area contributed by atoms with Crippen LogP contribution in [0.25, 0.3) is 0 Å². The third kappa shape index (κ3) is 3.55. The molecule has 2 bridgehead atoms. The normalized spacial score (nSPS) is 23.6. The molecule has 8 heteroatoms. The minimum Gasteiger partial charge on any atom is -0.324 e. The lowest BCUT2D eigenvalue weighted by molar-refractivity contribution is -0.384. The second-order valence-corrected chi connectivity index (χ2v) is 10.7. The van der Waals surface area contributed by atoms with Crippen molar-refractivity contribution in [1.82, 2.24) is 4.90 Å². The van der Waals surface area contributed by atoms with Gasteiger partial charge in [0.15, 0.2) is 0 Å². The summed E-state index contributed by atoms with van der Waals surface area (Å²) in [5.74, 6) is -2.63. The number of nitrogens with zero attached hydrogens (tertiary/aromatic N) is 2. The molecule has 0 spiro atoms. The first-order chi connectivity index (χ1) is 18.3. The molecule has 4 aliphatic rings. The largest absolute Gasteiger partial charge is 0.324 e. The summed E-state index contributed by atoms with van der Waals surface area (Å²) in [5.41, 5.74) is 4.59. The molecule has 3 aliphatic carbocycles. The Morgan fingerprint density at radius 2 is 1.29 bits per heavy atom. The quantitative estimate of drug-likeness (QED) is 0.291. The van der Waals surface area contributed by atoms with Gasteiger partial charge in [-0.25, -0.2) is 0 Å². The number of rotatable bonds is 6. The summed E-state index contributed by atoms with van der Waals surface area (Å²) in [7, 11) is 0. The third-order valence-electron chi connectivity index (χ3n) is 8.14. The molecule has 3 amide bonds. The molecule has 3 aromatic carbocycles. The van der Waals surface area contributed by atoms with Crippen molar-refractivity contribution >= 4 is 29.1 Å². The Morgan fingerprint density at radius 3 is 1.68 bits per heavy atom. The SMILES string of the molecule is CC(C)C[C@H](C(=O)Nc1ccc([N+](=O)[O-])cc1)N1C(=O)[C@H]2C3c4ccccc4C(c4ccccc43)[C@@H]2C1=O. The van der Waals surface area contributed by atoms with Crippen LogP contribution in [0.5, 0.6) is 0 Å². The van der Waals surface area contributed by atoms with E-state index in [-0.39, 0.29) is 35.3 Å². The molecule has 0 radical (unpaired) electrons. The molecule has 0 saturated carbocycles. The highest BCUT2D eigenvalue weighted by atomic mass is 16.6. The third-order valence-corrected chi connectivity index (χ3v) is 8.14. The van der Waals surface area contributed by atoms with Crippen LogP contribution in [-0.4, -0.2) is 33.6 Å². The first kappa shape index (κ1) is 24.0. The predicted molar refractivity (Wildman–Crippen MR) is 140 cm³/mol. The van der Waals surface area contributed by atoms with Crippen molar-refractivity contribution in [2.24, 2.45) is 17.8 Å². The number of imide groups is 1. The molecule has 3 aromatic rings. The first-order valence-electron chi connectivity index (χ1n) is 12.9. The fourth-order valence-corrected chi connectivity index (χ4v) is 6.68. The fourth-order valence-electron chi connectivity index (χ4n) is 6.68. The van der Waals surface area contributed by atoms with E-state index in [1.807, 2.05) is 62.4 Å². The average molecular weight is 510 g/mol. The number of carbonyl (C=O) groups excluding carboxylic acids is 3. The van der Waals surface area contributed by atoms with Crippen LogP contribution in [0.3, 0.4) is 0 Å². The average Bonchev–Trinajstić information content (AvgIpc) is 3.17. The molecule has 1 heterocycles. The minimum absolute atomic E-state index is 0.0388. The van der Waals surface area contributed by atoms with Crippen molar-refractivity contribution in [3.05, 3.63) is 105 Å². The Balaban J connectivity index is 1.37. The van der Waals surface area contributed by atoms with Crippen molar-refractivity contribution in [2.75, 3.05) is 5.32 Å². The molecule has 7 rings (SSSR count). The number of nitro groups is 1. The van der Waals surface area contributed by atoms with Gasteiger partial charge in [-0.15, -0.1) is 0 Å². The van der Waals surface area contributed by atoms with Crippen LogP contribution < -0.4 is 5.32 Å². The van der Waals surface area contributed by atoms with Crippen LogP contribution in [0, 0.1) is 27.9 Å². The summed E-state index contributed by atoms with van der Waals surface area (Å²) in [6.07, 6.45) is 0.310. The number of hydrogen-bond acceptors (Lipinski definition) is 5. The van der Waals surface area contributed by atoms with Crippen molar-refractivity contribution < 1.29 is 19.3 Å². The molecule has 1 saturated heterocycles. The van der Waals surface area contributed by atoms with Gasteiger partial charge in [-0.1, -0.05) is 62.4 Å². The first-order valence-corrected chi connectivity index (χ1v) is 12.9. The van der Waals surface area contributed by atoms with Crippen LogP contribution in [0.1, 0.15) is 54.4 Å². The van der Waals surface area contributed by atoms with Crippen molar-refractivity contribution in [2.45, 2.75) is 38.1 Å². The van der Waals surface area contributed by atoms with Crippen molar-refractivity contribution in [3.8, 4) is 0 Å². The molecule has 8 nitrogen and oxygen atoms in total. The van der Waals surface area contributed by atoms with Gasteiger partial charge in [0, 0.05) is 29.7 Å². The van der Waals surface area contributed by atoms with Crippen molar-refractivity contribution in [1.29, 1.82) is 0 Å². The maximum absolute atomic E-state index is 14.1. The van der Waals surface area contributed by atoms with Gasteiger partial charge in [-0.2, -0.15) is 0 Å². The Morgan fingerprint density at radius 1 is 0.842 bits per heavy atom. The Labute approximate surface area is 219 Å². The maximum atomic E-state index is 14.1. The number of hydrogen-bond donors (Lipinski definition) is 1. The molecule has 1 N–H and O–H groups in total. The fraction of sp³-hybridized carbons (Fsp3) is 0.300. The van der Waals surface area contributed by atoms with Gasteiger partial charge in [0.05, 0.1) is 16.8 Å². The number of nitro benzene ring substituents is 1. The number of nitrogens with one attached hydrogen (secondary N) is 1. The zero-order valence-corrected chi connectivity index (χ0v) is 21.0. The van der Waals surface area contributed by atoms with Crippen LogP contribution in [0.2, 0.25) is 0 Å². The molecule has 1 fully saturated rings. The van der Waals surface area contributed by atoms with Gasteiger partial charge in [0.1, 0.15) is 6.04 Å². The number of likely N-dealkylation sites (tertiary alicyclic amines) is 1. The van der Waals surface area contributed by atoms with Gasteiger partial charge in [-0.05, 0) is 46.7 Å². The molecule has 3 atom stereocenters. The monoisotopic (exact) mass is 509 g/mol. The molecular formula is C30H27N3O5. The minimum atomic E-state index is -0.985. The van der Waals surface area contributed by atoms with E-state index in [0.717, 1.165) is 22.3 Å². The smallest absolute Gasteiger partial charge is 0.269 e. The summed E-state index contributed by atoms with van der Waals surface area (Å²) in [6.45, 7) is 3.89. The molecule has 192 valence electrons. The van der Waals surface area contributed by atoms with Gasteiger partial charge < -0.3 is 5.32 Å². The highest BCUT2D eigenvalue weighted by Crippen LogP contribution is 2.61. The van der Waals surface area contributed by atoms with Gasteiger partial charge in [-0.3, -0.25) is 29.4 Å². The zero-order chi connectivity index (χ0) is 26.7. The highest BCUT2D eigenvalue weighted by molar-refractivity contribution is 6.11. The second kappa shape index (κ2) is 8.90. The van der Waals surface area contributed by atoms with Crippen LogP contribution in [0.15, 0.2) is 72.8 Å². The van der Waals surface area contributed by atoms with Crippen LogP contribution in [-0.2, 0) is 14.4 Å². The Bertz CT molecular complexity index is 1370. The van der Waals surface area contributed by atoms with E-state index in [1.54, 1.807) is 0 Å². The van der Waals surface area contributed by atoms with Crippen LogP contribution >= 0.6 is 0 Å². The summed E-state index contributed by atoms with van der Waals surface area (Å²) in [4.78, 5) is 53.5. The Kier molecular flexibility index (Phi) is 5.63. The molecule has 38 heavy (non-hydrogen) atoms. The summed E-state index contributed by atoms with van der Waals surface area (Å²) in [6, 6.07) is 20.6. The molecular weight excluding hydrogens is 482 g/mol. The van der Waals surface area contributed by atoms with Gasteiger partial charge >= 0.3 is 0 Å². The number of carbonyl (C=O) groups is 3. The van der Waals surface area contributed by atoms with E-state index in [4.69, 9.17) is 0 Å². The van der Waals surface area contributed by atoms with E-state index in [2.05, 4.69) is 5.32 Å². The molecule has 0 aromatic heterocycles. The lowest BCUT2D eigenvalue weighted by Gasteiger charge is -2.45. The number of amides is 3. The summed E-state index contributed by atoms with van der Waals surface area (Å²) in [5, 5.41) is 13.8.